The summed E-state index contributed by atoms with van der Waals surface area (Å²) < 4.78 is 4.68. The maximum Gasteiger partial charge on any atom is 0.374 e. The first-order valence-electron chi connectivity index (χ1n) is 7.73. The van der Waals surface area contributed by atoms with Gasteiger partial charge in [0.1, 0.15) is 0 Å². The van der Waals surface area contributed by atoms with Gasteiger partial charge in [-0.15, -0.1) is 11.8 Å². The molecule has 0 aromatic heterocycles. The van der Waals surface area contributed by atoms with Crippen molar-refractivity contribution in [2.24, 2.45) is 29.6 Å². The second-order valence-corrected chi connectivity index (χ2v) is 7.63. The Hall–Kier alpha value is -1.55. The van der Waals surface area contributed by atoms with Crippen molar-refractivity contribution in [1.29, 1.82) is 0 Å². The van der Waals surface area contributed by atoms with E-state index in [4.69, 9.17) is 0 Å². The second kappa shape index (κ2) is 5.27. The quantitative estimate of drug-likeness (QED) is 0.487. The smallest absolute Gasteiger partial charge is 0.374 e. The first-order chi connectivity index (χ1) is 10.7. The van der Waals surface area contributed by atoms with Gasteiger partial charge in [-0.25, -0.2) is 4.79 Å². The van der Waals surface area contributed by atoms with E-state index in [1.165, 1.54) is 12.0 Å². The molecule has 6 atom stereocenters. The van der Waals surface area contributed by atoms with Crippen LogP contribution in [-0.2, 0) is 14.3 Å². The Balaban J connectivity index is 1.61. The van der Waals surface area contributed by atoms with Gasteiger partial charge < -0.3 is 4.74 Å². The highest BCUT2D eigenvalue weighted by atomic mass is 32.2. The molecule has 0 heterocycles. The highest BCUT2D eigenvalue weighted by Gasteiger charge is 2.64. The maximum absolute atomic E-state index is 12.5. The van der Waals surface area contributed by atoms with E-state index in [1.54, 1.807) is 11.8 Å². The maximum atomic E-state index is 12.5. The number of rotatable bonds is 4. The van der Waals surface area contributed by atoms with Gasteiger partial charge in [0, 0.05) is 16.1 Å². The Morgan fingerprint density at radius 2 is 1.77 bits per heavy atom. The molecule has 22 heavy (non-hydrogen) atoms. The van der Waals surface area contributed by atoms with Crippen LogP contribution in [0.25, 0.3) is 0 Å². The van der Waals surface area contributed by atoms with Crippen molar-refractivity contribution >= 4 is 23.5 Å². The number of carbonyl (C=O) groups is 2. The van der Waals surface area contributed by atoms with Crippen LogP contribution in [0.3, 0.4) is 0 Å². The fourth-order valence-corrected chi connectivity index (χ4v) is 6.17. The predicted octanol–water partition coefficient (Wildman–Crippen LogP) is 2.96. The molecule has 0 amide bonds. The van der Waals surface area contributed by atoms with Crippen LogP contribution in [0, 0.1) is 29.6 Å². The van der Waals surface area contributed by atoms with Crippen molar-refractivity contribution in [3.8, 4) is 0 Å². The molecule has 4 heteroatoms. The topological polar surface area (TPSA) is 43.4 Å². The number of fused-ring (bicyclic) bond motifs is 5. The number of hydrogen-bond acceptors (Lipinski definition) is 4. The number of hydrogen-bond donors (Lipinski definition) is 0. The van der Waals surface area contributed by atoms with E-state index in [-0.39, 0.29) is 17.0 Å². The first kappa shape index (κ1) is 14.1. The third-order valence-corrected chi connectivity index (χ3v) is 6.86. The molecule has 4 rings (SSSR count). The lowest BCUT2D eigenvalue weighted by molar-refractivity contribution is -0.157. The van der Waals surface area contributed by atoms with E-state index < -0.39 is 5.97 Å². The average molecular weight is 314 g/mol. The van der Waals surface area contributed by atoms with E-state index in [0.29, 0.717) is 23.7 Å². The number of allylic oxidation sites excluding steroid dienone is 2. The Morgan fingerprint density at radius 3 is 2.45 bits per heavy atom. The van der Waals surface area contributed by atoms with Gasteiger partial charge in [-0.1, -0.05) is 30.4 Å². The van der Waals surface area contributed by atoms with Gasteiger partial charge in [0.25, 0.3) is 0 Å². The zero-order valence-electron chi connectivity index (χ0n) is 12.3. The third kappa shape index (κ3) is 1.97. The largest absolute Gasteiger partial charge is 0.463 e. The van der Waals surface area contributed by atoms with E-state index >= 15 is 0 Å². The molecule has 1 aromatic rings. The Bertz CT molecular complexity index is 639. The molecule has 0 spiro atoms. The summed E-state index contributed by atoms with van der Waals surface area (Å²) in [5, 5.41) is 0.193. The van der Waals surface area contributed by atoms with Crippen LogP contribution >= 0.6 is 11.8 Å². The van der Waals surface area contributed by atoms with Gasteiger partial charge >= 0.3 is 5.97 Å². The molecule has 2 bridgehead atoms. The molecule has 0 radical (unpaired) electrons. The fraction of sp³-hybridized carbons (Fsp3) is 0.444. The average Bonchev–Trinajstić information content (AvgIpc) is 3.11. The molecule has 1 aromatic carbocycles. The number of Topliss-reactive ketones (excluding diaryl/α,β-unsaturated/α-hetero) is 1. The molecule has 2 saturated carbocycles. The highest BCUT2D eigenvalue weighted by Crippen LogP contribution is 2.65. The number of benzene rings is 1. The zero-order chi connectivity index (χ0) is 15.3. The van der Waals surface area contributed by atoms with Crippen LogP contribution in [-0.4, -0.2) is 24.1 Å². The predicted molar refractivity (Wildman–Crippen MR) is 84.3 cm³/mol. The van der Waals surface area contributed by atoms with Crippen molar-refractivity contribution < 1.29 is 14.3 Å². The van der Waals surface area contributed by atoms with Crippen LogP contribution in [0.2, 0.25) is 0 Å². The van der Waals surface area contributed by atoms with Crippen LogP contribution in [0.15, 0.2) is 47.4 Å². The molecule has 0 saturated heterocycles. The van der Waals surface area contributed by atoms with Gasteiger partial charge in [0.15, 0.2) is 0 Å². The summed E-state index contributed by atoms with van der Waals surface area (Å²) in [6.07, 6.45) is 5.70. The number of esters is 1. The van der Waals surface area contributed by atoms with Crippen LogP contribution in [0.4, 0.5) is 0 Å². The van der Waals surface area contributed by atoms with Crippen molar-refractivity contribution in [2.75, 3.05) is 7.11 Å². The fourth-order valence-electron chi connectivity index (χ4n) is 4.55. The number of thioether (sulfide) groups is 1. The van der Waals surface area contributed by atoms with Gasteiger partial charge in [0.2, 0.25) is 5.78 Å². The monoisotopic (exact) mass is 314 g/mol. The third-order valence-electron chi connectivity index (χ3n) is 5.44. The Labute approximate surface area is 134 Å². The summed E-state index contributed by atoms with van der Waals surface area (Å²) in [7, 11) is 1.29. The summed E-state index contributed by atoms with van der Waals surface area (Å²) in [6, 6.07) is 10.2. The molecule has 3 aliphatic rings. The normalized spacial score (nSPS) is 37.5. The SMILES string of the molecule is COC(=O)C(=O)C1C(Sc2ccccc2)[C@H]2[C@@H]1[C@H]1C=C[C@@H]2C1. The second-order valence-electron chi connectivity index (χ2n) is 6.38. The number of carbonyl (C=O) groups excluding carboxylic acids is 2. The lowest BCUT2D eigenvalue weighted by Gasteiger charge is -2.51. The van der Waals surface area contributed by atoms with Crippen LogP contribution in [0.5, 0.6) is 0 Å². The van der Waals surface area contributed by atoms with Gasteiger partial charge in [-0.3, -0.25) is 4.79 Å². The van der Waals surface area contributed by atoms with E-state index in [0.717, 1.165) is 6.42 Å². The number of methoxy groups -OCH3 is 1. The molecular weight excluding hydrogens is 296 g/mol. The minimum absolute atomic E-state index is 0.192. The molecule has 0 aliphatic heterocycles. The van der Waals surface area contributed by atoms with Crippen LogP contribution < -0.4 is 0 Å². The molecule has 2 unspecified atom stereocenters. The highest BCUT2D eigenvalue weighted by molar-refractivity contribution is 8.00. The van der Waals surface area contributed by atoms with Crippen molar-refractivity contribution in [2.45, 2.75) is 16.6 Å². The minimum atomic E-state index is -0.686. The van der Waals surface area contributed by atoms with Crippen molar-refractivity contribution in [3.05, 3.63) is 42.5 Å². The summed E-state index contributed by atoms with van der Waals surface area (Å²) in [6.45, 7) is 0. The van der Waals surface area contributed by atoms with E-state index in [2.05, 4.69) is 29.0 Å². The summed E-state index contributed by atoms with van der Waals surface area (Å²) in [4.78, 5) is 25.4. The molecule has 3 nitrogen and oxygen atoms in total. The molecular formula is C18H18O3S. The molecule has 114 valence electrons. The summed E-state index contributed by atoms with van der Waals surface area (Å²) in [5.74, 6) is 0.704. The Kier molecular flexibility index (Phi) is 3.37. The van der Waals surface area contributed by atoms with E-state index in [1.807, 2.05) is 18.2 Å². The summed E-state index contributed by atoms with van der Waals surface area (Å²) in [5.41, 5.74) is 0. The Morgan fingerprint density at radius 1 is 1.09 bits per heavy atom. The van der Waals surface area contributed by atoms with Gasteiger partial charge in [0.05, 0.1) is 7.11 Å². The molecule has 3 aliphatic carbocycles. The molecule has 0 N–H and O–H groups in total. The van der Waals surface area contributed by atoms with Gasteiger partial charge in [-0.2, -0.15) is 0 Å². The van der Waals surface area contributed by atoms with Crippen molar-refractivity contribution in [1.82, 2.24) is 0 Å². The van der Waals surface area contributed by atoms with Crippen molar-refractivity contribution in [3.63, 3.8) is 0 Å². The minimum Gasteiger partial charge on any atom is -0.463 e. The number of ether oxygens (including phenoxy) is 1. The first-order valence-corrected chi connectivity index (χ1v) is 8.61. The zero-order valence-corrected chi connectivity index (χ0v) is 13.2. The van der Waals surface area contributed by atoms with Gasteiger partial charge in [-0.05, 0) is 42.2 Å². The molecule has 2 fully saturated rings. The lowest BCUT2D eigenvalue weighted by atomic mass is 9.58. The lowest BCUT2D eigenvalue weighted by Crippen LogP contribution is -2.56. The van der Waals surface area contributed by atoms with Crippen LogP contribution in [0.1, 0.15) is 6.42 Å². The van der Waals surface area contributed by atoms with E-state index in [9.17, 15) is 9.59 Å². The standard InChI is InChI=1S/C18H18O3S/c1-21-18(20)16(19)15-13-10-7-8-11(9-10)14(13)17(15)22-12-5-3-2-4-6-12/h2-8,10-11,13-15,17H,9H2,1H3/t10-,11+,13-,14+,15?,17?/m0/s1. The number of ketones is 1. The summed E-state index contributed by atoms with van der Waals surface area (Å²) >= 11 is 1.75.